The number of morpholine rings is 1. The van der Waals surface area contributed by atoms with Gasteiger partial charge in [0.15, 0.2) is 0 Å². The standard InChI is InChI=1S/C35H44N4O6S/c1-21-18-38(19-22(2)45-21)34(41)35-17-29(35)28-16-25(44-5)12-14-26(28)32-31(23-9-7-6-8-10-23)27-13-11-24(15-30(27)39(32)20-35)33(40)36-46(42,43)37(3)4/h11-16,21-23,29H,6-10,17-20H2,1-5H3,(H,36,40)/t21-,22+,29?,35?. The van der Waals surface area contributed by atoms with Crippen LogP contribution < -0.4 is 9.46 Å². The van der Waals surface area contributed by atoms with Crippen LogP contribution in [0.5, 0.6) is 5.75 Å². The number of aromatic nitrogens is 1. The highest BCUT2D eigenvalue weighted by Crippen LogP contribution is 2.66. The molecule has 3 fully saturated rings. The van der Waals surface area contributed by atoms with Crippen LogP contribution in [-0.2, 0) is 26.3 Å². The first-order chi connectivity index (χ1) is 21.9. The normalized spacial score (nSPS) is 26.2. The van der Waals surface area contributed by atoms with Gasteiger partial charge >= 0.3 is 10.2 Å². The summed E-state index contributed by atoms with van der Waals surface area (Å²) in [6.07, 6.45) is 6.35. The van der Waals surface area contributed by atoms with Crippen LogP contribution in [0.3, 0.4) is 0 Å². The van der Waals surface area contributed by atoms with Crippen molar-refractivity contribution < 1.29 is 27.5 Å². The van der Waals surface area contributed by atoms with E-state index in [1.54, 1.807) is 13.2 Å². The van der Waals surface area contributed by atoms with Gasteiger partial charge in [0.2, 0.25) is 5.91 Å². The Kier molecular flexibility index (Phi) is 7.72. The van der Waals surface area contributed by atoms with Gasteiger partial charge in [-0.2, -0.15) is 12.7 Å². The first kappa shape index (κ1) is 31.2. The number of methoxy groups -OCH3 is 1. The van der Waals surface area contributed by atoms with Crippen molar-refractivity contribution in [3.63, 3.8) is 0 Å². The Morgan fingerprint density at radius 1 is 1.02 bits per heavy atom. The molecule has 7 rings (SSSR count). The number of fused-ring (bicyclic) bond motifs is 7. The molecule has 4 atom stereocenters. The maximum absolute atomic E-state index is 14.7. The molecule has 11 heteroatoms. The number of nitrogens with one attached hydrogen (secondary N) is 1. The predicted octanol–water partition coefficient (Wildman–Crippen LogP) is 5.02. The van der Waals surface area contributed by atoms with Crippen molar-refractivity contribution in [1.29, 1.82) is 0 Å². The molecule has 2 unspecified atom stereocenters. The number of carbonyl (C=O) groups excluding carboxylic acids is 2. The van der Waals surface area contributed by atoms with Gasteiger partial charge in [0.25, 0.3) is 5.91 Å². The maximum Gasteiger partial charge on any atom is 0.303 e. The van der Waals surface area contributed by atoms with Gasteiger partial charge in [0.05, 0.1) is 30.4 Å². The molecule has 0 bridgehead atoms. The molecular formula is C35H44N4O6S. The molecule has 4 aliphatic rings. The Hall–Kier alpha value is -3.41. The first-order valence-corrected chi connectivity index (χ1v) is 17.9. The smallest absolute Gasteiger partial charge is 0.303 e. The van der Waals surface area contributed by atoms with Crippen LogP contribution in [0.2, 0.25) is 0 Å². The van der Waals surface area contributed by atoms with Crippen molar-refractivity contribution in [3.05, 3.63) is 53.1 Å². The molecule has 46 heavy (non-hydrogen) atoms. The van der Waals surface area contributed by atoms with Crippen molar-refractivity contribution in [2.45, 2.75) is 83.0 Å². The van der Waals surface area contributed by atoms with Crippen LogP contribution >= 0.6 is 0 Å². The molecule has 0 spiro atoms. The molecule has 2 aliphatic heterocycles. The minimum absolute atomic E-state index is 0.0319. The summed E-state index contributed by atoms with van der Waals surface area (Å²) >= 11 is 0. The summed E-state index contributed by atoms with van der Waals surface area (Å²) in [5.74, 6) is 0.608. The van der Waals surface area contributed by atoms with Gasteiger partial charge in [0, 0.05) is 61.7 Å². The van der Waals surface area contributed by atoms with Crippen LogP contribution in [0.15, 0.2) is 36.4 Å². The van der Waals surface area contributed by atoms with E-state index in [4.69, 9.17) is 9.47 Å². The molecule has 1 N–H and O–H groups in total. The quantitative estimate of drug-likeness (QED) is 0.402. The van der Waals surface area contributed by atoms with E-state index in [2.05, 4.69) is 21.4 Å². The highest BCUT2D eigenvalue weighted by Gasteiger charge is 2.64. The number of rotatable bonds is 6. The Morgan fingerprint density at radius 3 is 2.41 bits per heavy atom. The fourth-order valence-electron chi connectivity index (χ4n) is 8.35. The molecule has 2 aromatic carbocycles. The molecule has 1 aromatic heterocycles. The van der Waals surface area contributed by atoms with E-state index in [9.17, 15) is 18.0 Å². The second-order valence-electron chi connectivity index (χ2n) is 14.0. The lowest BCUT2D eigenvalue weighted by atomic mass is 9.81. The topological polar surface area (TPSA) is 110 Å². The van der Waals surface area contributed by atoms with Crippen molar-refractivity contribution in [1.82, 2.24) is 18.5 Å². The highest BCUT2D eigenvalue weighted by atomic mass is 32.2. The molecule has 3 aromatic rings. The van der Waals surface area contributed by atoms with E-state index in [-0.39, 0.29) is 29.6 Å². The minimum atomic E-state index is -3.97. The molecule has 2 amide bonds. The van der Waals surface area contributed by atoms with Gasteiger partial charge in [-0.25, -0.2) is 4.72 Å². The number of hydrogen-bond donors (Lipinski definition) is 1. The number of hydrogen-bond acceptors (Lipinski definition) is 6. The fraction of sp³-hybridized carbons (Fsp3) is 0.543. The van der Waals surface area contributed by atoms with Gasteiger partial charge in [-0.3, -0.25) is 9.59 Å². The molecule has 10 nitrogen and oxygen atoms in total. The van der Waals surface area contributed by atoms with Crippen molar-refractivity contribution in [2.75, 3.05) is 34.3 Å². The van der Waals surface area contributed by atoms with E-state index >= 15 is 0 Å². The number of amides is 2. The molecule has 0 radical (unpaired) electrons. The van der Waals surface area contributed by atoms with Gasteiger partial charge < -0.3 is 18.9 Å². The number of ether oxygens (including phenoxy) is 2. The molecule has 1 saturated heterocycles. The van der Waals surface area contributed by atoms with Gasteiger partial charge in [-0.05, 0) is 80.5 Å². The Balaban J connectivity index is 1.43. The molecule has 2 aliphatic carbocycles. The number of carbonyl (C=O) groups is 2. The maximum atomic E-state index is 14.7. The Bertz CT molecular complexity index is 1820. The fourth-order valence-corrected chi connectivity index (χ4v) is 8.88. The predicted molar refractivity (Wildman–Crippen MR) is 176 cm³/mol. The lowest BCUT2D eigenvalue weighted by molar-refractivity contribution is -0.149. The third-order valence-corrected chi connectivity index (χ3v) is 12.0. The Morgan fingerprint density at radius 2 is 1.74 bits per heavy atom. The molecule has 2 saturated carbocycles. The van der Waals surface area contributed by atoms with E-state index in [1.165, 1.54) is 26.1 Å². The summed E-state index contributed by atoms with van der Waals surface area (Å²) < 4.78 is 42.2. The SMILES string of the molecule is COc1ccc2c(c1)C1CC1(C(=O)N1C[C@@H](C)O[C@@H](C)C1)Cn1c-2c(C2CCCCC2)c2ccc(C(=O)NS(=O)(=O)N(C)C)cc21. The zero-order valence-electron chi connectivity index (χ0n) is 27.3. The zero-order chi connectivity index (χ0) is 32.5. The second-order valence-corrected chi connectivity index (χ2v) is 15.9. The van der Waals surface area contributed by atoms with E-state index in [0.717, 1.165) is 69.9 Å². The first-order valence-electron chi connectivity index (χ1n) is 16.5. The lowest BCUT2D eigenvalue weighted by Crippen LogP contribution is -2.51. The third kappa shape index (κ3) is 5.11. The average molecular weight is 649 g/mol. The highest BCUT2D eigenvalue weighted by molar-refractivity contribution is 7.87. The minimum Gasteiger partial charge on any atom is -0.497 e. The van der Waals surface area contributed by atoms with Gasteiger partial charge in [-0.1, -0.05) is 25.3 Å². The number of nitrogens with zero attached hydrogens (tertiary/aromatic N) is 3. The van der Waals surface area contributed by atoms with E-state index < -0.39 is 21.5 Å². The number of benzene rings is 2. The summed E-state index contributed by atoms with van der Waals surface area (Å²) in [6, 6.07) is 11.8. The van der Waals surface area contributed by atoms with Crippen molar-refractivity contribution in [2.24, 2.45) is 5.41 Å². The van der Waals surface area contributed by atoms with Crippen molar-refractivity contribution in [3.8, 4) is 17.0 Å². The molecule has 246 valence electrons. The molecular weight excluding hydrogens is 604 g/mol. The summed E-state index contributed by atoms with van der Waals surface area (Å²) in [7, 11) is 0.468. The Labute approximate surface area is 271 Å². The van der Waals surface area contributed by atoms with Crippen LogP contribution in [0.1, 0.15) is 85.7 Å². The zero-order valence-corrected chi connectivity index (χ0v) is 28.2. The monoisotopic (exact) mass is 648 g/mol. The summed E-state index contributed by atoms with van der Waals surface area (Å²) in [4.78, 5) is 30.0. The lowest BCUT2D eigenvalue weighted by Gasteiger charge is -2.37. The second kappa shape index (κ2) is 11.4. The molecule has 3 heterocycles. The average Bonchev–Trinajstić information content (AvgIpc) is 3.70. The third-order valence-electron chi connectivity index (χ3n) is 10.6. The largest absolute Gasteiger partial charge is 0.497 e. The summed E-state index contributed by atoms with van der Waals surface area (Å²) in [5.41, 5.74) is 5.10. The van der Waals surface area contributed by atoms with Crippen LogP contribution in [-0.4, -0.2) is 80.5 Å². The van der Waals surface area contributed by atoms with Gasteiger partial charge in [0.1, 0.15) is 5.75 Å². The van der Waals surface area contributed by atoms with E-state index in [1.807, 2.05) is 36.9 Å². The summed E-state index contributed by atoms with van der Waals surface area (Å²) in [5, 5.41) is 1.06. The van der Waals surface area contributed by atoms with Crippen LogP contribution in [0.4, 0.5) is 0 Å². The van der Waals surface area contributed by atoms with E-state index in [0.29, 0.717) is 25.6 Å². The van der Waals surface area contributed by atoms with Crippen molar-refractivity contribution >= 4 is 32.9 Å². The van der Waals surface area contributed by atoms with Crippen LogP contribution in [0, 0.1) is 5.41 Å². The summed E-state index contributed by atoms with van der Waals surface area (Å²) in [6.45, 7) is 5.62. The van der Waals surface area contributed by atoms with Gasteiger partial charge in [-0.15, -0.1) is 0 Å². The van der Waals surface area contributed by atoms with Crippen LogP contribution in [0.25, 0.3) is 22.2 Å².